The molecule has 2 atom stereocenters. The molecule has 178 valence electrons. The quantitative estimate of drug-likeness (QED) is 0.237. The molecule has 0 amide bonds. The van der Waals surface area contributed by atoms with E-state index in [1.807, 2.05) is 0 Å². The number of nitrogen functional groups attached to an aromatic ring is 1. The Hall–Kier alpha value is -3.21. The summed E-state index contributed by atoms with van der Waals surface area (Å²) in [5.41, 5.74) is 5.61. The first-order valence-electron chi connectivity index (χ1n) is 10.1. The highest BCUT2D eigenvalue weighted by Crippen LogP contribution is 2.48. The number of carbonyl (C=O) groups is 1. The van der Waals surface area contributed by atoms with Gasteiger partial charge in [-0.1, -0.05) is 32.0 Å². The second-order valence-electron chi connectivity index (χ2n) is 7.51. The molecule has 2 aromatic heterocycles. The van der Waals surface area contributed by atoms with Gasteiger partial charge in [-0.25, -0.2) is 9.55 Å². The van der Waals surface area contributed by atoms with Crippen LogP contribution in [0.15, 0.2) is 41.5 Å². The molecule has 0 fully saturated rings. The predicted molar refractivity (Wildman–Crippen MR) is 120 cm³/mol. The number of para-hydroxylation sites is 1. The van der Waals surface area contributed by atoms with Crippen molar-refractivity contribution in [2.45, 2.75) is 33.4 Å². The number of fused-ring (bicyclic) bond motifs is 1. The summed E-state index contributed by atoms with van der Waals surface area (Å²) in [5.74, 6) is -0.580. The summed E-state index contributed by atoms with van der Waals surface area (Å²) in [6.45, 7) is 4.76. The van der Waals surface area contributed by atoms with Gasteiger partial charge in [0.25, 0.3) is 5.56 Å². The minimum atomic E-state index is -3.85. The van der Waals surface area contributed by atoms with E-state index in [0.717, 1.165) is 0 Å². The Labute approximate surface area is 189 Å². The number of imidazole rings is 1. The largest absolute Gasteiger partial charge is 0.438 e. The highest BCUT2D eigenvalue weighted by atomic mass is 31.2. The number of nitrogens with two attached hydrogens (primary N) is 1. The molecule has 3 rings (SSSR count). The number of aromatic amines is 1. The molecule has 0 aliphatic heterocycles. The van der Waals surface area contributed by atoms with Gasteiger partial charge in [0.05, 0.1) is 24.9 Å². The Morgan fingerprint density at radius 1 is 1.24 bits per heavy atom. The zero-order valence-electron chi connectivity index (χ0n) is 18.5. The van der Waals surface area contributed by atoms with Gasteiger partial charge in [0.15, 0.2) is 17.5 Å². The monoisotopic (exact) mass is 479 g/mol. The maximum Gasteiger partial charge on any atom is 0.407 e. The third-order valence-corrected chi connectivity index (χ3v) is 5.83. The first-order valence-corrected chi connectivity index (χ1v) is 11.9. The summed E-state index contributed by atoms with van der Waals surface area (Å²) in [4.78, 5) is 34.1. The van der Waals surface area contributed by atoms with Crippen LogP contribution in [0.4, 0.5) is 5.95 Å². The van der Waals surface area contributed by atoms with Crippen molar-refractivity contribution < 1.29 is 27.9 Å². The van der Waals surface area contributed by atoms with E-state index in [0.29, 0.717) is 11.4 Å². The van der Waals surface area contributed by atoms with Crippen molar-refractivity contribution in [1.82, 2.24) is 19.5 Å². The highest BCUT2D eigenvalue weighted by Gasteiger charge is 2.29. The van der Waals surface area contributed by atoms with E-state index in [9.17, 15) is 14.2 Å². The lowest BCUT2D eigenvalue weighted by molar-refractivity contribution is -0.154. The Bertz CT molecular complexity index is 1190. The summed E-state index contributed by atoms with van der Waals surface area (Å²) in [6, 6.07) is 8.44. The molecule has 0 aliphatic rings. The van der Waals surface area contributed by atoms with Gasteiger partial charge in [0.1, 0.15) is 5.75 Å². The van der Waals surface area contributed by atoms with Crippen LogP contribution in [-0.4, -0.2) is 44.7 Å². The molecular formula is C20H26N5O7P. The molecule has 1 aromatic carbocycles. The van der Waals surface area contributed by atoms with Gasteiger partial charge < -0.3 is 24.3 Å². The van der Waals surface area contributed by atoms with Crippen molar-refractivity contribution in [1.29, 1.82) is 0 Å². The lowest BCUT2D eigenvalue weighted by atomic mass is 10.2. The summed E-state index contributed by atoms with van der Waals surface area (Å²) in [5, 5.41) is 0. The normalized spacial score (nSPS) is 14.2. The van der Waals surface area contributed by atoms with Crippen molar-refractivity contribution in [2.75, 3.05) is 18.9 Å². The molecule has 3 N–H and O–H groups in total. The molecule has 0 saturated carbocycles. The van der Waals surface area contributed by atoms with Crippen LogP contribution >= 0.6 is 7.60 Å². The summed E-state index contributed by atoms with van der Waals surface area (Å²) in [6.07, 6.45) is 0.526. The number of anilines is 1. The number of carbonyl (C=O) groups excluding carboxylic acids is 1. The van der Waals surface area contributed by atoms with Gasteiger partial charge in [0, 0.05) is 0 Å². The number of nitrogens with one attached hydrogen (secondary N) is 1. The first-order chi connectivity index (χ1) is 15.7. The van der Waals surface area contributed by atoms with Crippen molar-refractivity contribution in [3.63, 3.8) is 0 Å². The van der Waals surface area contributed by atoms with Crippen LogP contribution in [0.1, 0.15) is 20.8 Å². The Kier molecular flexibility index (Phi) is 7.85. The van der Waals surface area contributed by atoms with Gasteiger partial charge in [0.2, 0.25) is 12.7 Å². The van der Waals surface area contributed by atoms with E-state index in [1.165, 1.54) is 6.33 Å². The number of hydrogen-bond donors (Lipinski definition) is 2. The molecule has 0 bridgehead atoms. The Balaban J connectivity index is 1.67. The van der Waals surface area contributed by atoms with Gasteiger partial charge in [-0.15, -0.1) is 0 Å². The van der Waals surface area contributed by atoms with Gasteiger partial charge in [-0.2, -0.15) is 4.98 Å². The predicted octanol–water partition coefficient (Wildman–Crippen LogP) is 2.51. The molecule has 0 radical (unpaired) electrons. The fourth-order valence-corrected chi connectivity index (χ4v) is 3.99. The molecule has 13 heteroatoms. The summed E-state index contributed by atoms with van der Waals surface area (Å²) >= 11 is 0. The molecule has 2 unspecified atom stereocenters. The number of nitrogens with zero attached hydrogens (tertiary/aromatic N) is 3. The SMILES string of the molecule is CC(Cn1cnc2c(=O)[nH]c(N)nc21)OCP(=O)(OCOC(=O)C(C)C)Oc1ccccc1. The number of H-pyrrole nitrogens is 1. The van der Waals surface area contributed by atoms with Crippen LogP contribution < -0.4 is 15.8 Å². The first kappa shape index (κ1) is 24.4. The number of ether oxygens (including phenoxy) is 2. The minimum absolute atomic E-state index is 0.0343. The average molecular weight is 479 g/mol. The van der Waals surface area contributed by atoms with Gasteiger partial charge >= 0.3 is 13.6 Å². The van der Waals surface area contributed by atoms with Crippen LogP contribution in [0.3, 0.4) is 0 Å². The van der Waals surface area contributed by atoms with Gasteiger partial charge in [-0.05, 0) is 19.1 Å². The smallest absolute Gasteiger partial charge is 0.407 e. The lowest BCUT2D eigenvalue weighted by Crippen LogP contribution is -2.20. The van der Waals surface area contributed by atoms with Gasteiger partial charge in [-0.3, -0.25) is 19.1 Å². The molecule has 2 heterocycles. The Morgan fingerprint density at radius 2 is 1.97 bits per heavy atom. The molecule has 0 saturated heterocycles. The number of aromatic nitrogens is 4. The van der Waals surface area contributed by atoms with E-state index in [1.54, 1.807) is 55.7 Å². The van der Waals surface area contributed by atoms with Crippen LogP contribution in [0.5, 0.6) is 5.75 Å². The third-order valence-electron chi connectivity index (χ3n) is 4.37. The summed E-state index contributed by atoms with van der Waals surface area (Å²) < 4.78 is 36.4. The van der Waals surface area contributed by atoms with E-state index < -0.39 is 38.4 Å². The summed E-state index contributed by atoms with van der Waals surface area (Å²) in [7, 11) is -3.85. The molecule has 12 nitrogen and oxygen atoms in total. The van der Waals surface area contributed by atoms with E-state index >= 15 is 0 Å². The van der Waals surface area contributed by atoms with Crippen molar-refractivity contribution in [3.8, 4) is 5.75 Å². The molecule has 33 heavy (non-hydrogen) atoms. The fourth-order valence-electron chi connectivity index (χ4n) is 2.72. The van der Waals surface area contributed by atoms with E-state index in [-0.39, 0.29) is 23.9 Å². The van der Waals surface area contributed by atoms with Crippen LogP contribution in [0.2, 0.25) is 0 Å². The minimum Gasteiger partial charge on any atom is -0.438 e. The van der Waals surface area contributed by atoms with Crippen LogP contribution in [0, 0.1) is 5.92 Å². The van der Waals surface area contributed by atoms with Crippen molar-refractivity contribution in [2.24, 2.45) is 5.92 Å². The Morgan fingerprint density at radius 3 is 2.67 bits per heavy atom. The van der Waals surface area contributed by atoms with E-state index in [2.05, 4.69) is 15.0 Å². The number of esters is 1. The molecule has 0 aliphatic carbocycles. The number of rotatable bonds is 11. The maximum atomic E-state index is 13.3. The highest BCUT2D eigenvalue weighted by molar-refractivity contribution is 7.54. The molecule has 0 spiro atoms. The van der Waals surface area contributed by atoms with E-state index in [4.69, 9.17) is 24.3 Å². The second-order valence-corrected chi connectivity index (χ2v) is 9.43. The molecule has 3 aromatic rings. The average Bonchev–Trinajstić information content (AvgIpc) is 3.15. The topological polar surface area (TPSA) is 161 Å². The lowest BCUT2D eigenvalue weighted by Gasteiger charge is -2.22. The second kappa shape index (κ2) is 10.6. The zero-order chi connectivity index (χ0) is 24.0. The molecular weight excluding hydrogens is 453 g/mol. The standard InChI is InChI=1S/C20H26N5O7P/c1-13(2)19(27)29-11-31-33(28,32-15-7-5-4-6-8-15)12-30-14(3)9-25-10-22-16-17(25)23-20(21)24-18(16)26/h4-8,10,13-14H,9,11-12H2,1-3H3,(H3,21,23,24,26). The maximum absolute atomic E-state index is 13.3. The number of hydrogen-bond acceptors (Lipinski definition) is 10. The zero-order valence-corrected chi connectivity index (χ0v) is 19.4. The fraction of sp³-hybridized carbons (Fsp3) is 0.400. The van der Waals surface area contributed by atoms with Crippen molar-refractivity contribution in [3.05, 3.63) is 47.0 Å². The number of benzene rings is 1. The van der Waals surface area contributed by atoms with Crippen molar-refractivity contribution >= 4 is 30.7 Å². The third kappa shape index (κ3) is 6.64. The van der Waals surface area contributed by atoms with Crippen LogP contribution in [-0.2, 0) is 29.9 Å². The van der Waals surface area contributed by atoms with Crippen LogP contribution in [0.25, 0.3) is 11.2 Å².